The van der Waals surface area contributed by atoms with Gasteiger partial charge in [0, 0.05) is 18.3 Å². The van der Waals surface area contributed by atoms with Crippen LogP contribution in [0.3, 0.4) is 0 Å². The number of non-ortho nitro benzene ring substituents is 2. The molecule has 1 aromatic heterocycles. The van der Waals surface area contributed by atoms with Crippen LogP contribution in [0, 0.1) is 20.2 Å². The van der Waals surface area contributed by atoms with Crippen molar-refractivity contribution < 1.29 is 19.5 Å². The predicted molar refractivity (Wildman–Crippen MR) is 80.1 cm³/mol. The van der Waals surface area contributed by atoms with Gasteiger partial charge in [0.05, 0.1) is 21.5 Å². The molecular formula is C13H9N5O6. The van der Waals surface area contributed by atoms with Crippen LogP contribution in [0.1, 0.15) is 16.1 Å². The minimum absolute atomic E-state index is 0.205. The van der Waals surface area contributed by atoms with E-state index < -0.39 is 32.8 Å². The van der Waals surface area contributed by atoms with Gasteiger partial charge < -0.3 is 10.6 Å². The fraction of sp³-hybridized carbons (Fsp3) is 0. The van der Waals surface area contributed by atoms with Crippen LogP contribution >= 0.6 is 0 Å². The molecular weight excluding hydrogens is 322 g/mol. The number of nitro benzene ring substituents is 2. The summed E-state index contributed by atoms with van der Waals surface area (Å²) in [5.41, 5.74) is 4.15. The summed E-state index contributed by atoms with van der Waals surface area (Å²) in [4.78, 5) is 40.1. The van der Waals surface area contributed by atoms with E-state index in [1.165, 1.54) is 12.3 Å². The lowest BCUT2D eigenvalue weighted by atomic mass is 10.2. The van der Waals surface area contributed by atoms with Gasteiger partial charge in [0.1, 0.15) is 5.69 Å². The fourth-order valence-electron chi connectivity index (χ4n) is 1.63. The van der Waals surface area contributed by atoms with E-state index in [1.54, 1.807) is 12.1 Å². The number of aromatic nitrogens is 1. The monoisotopic (exact) mass is 331 g/mol. The van der Waals surface area contributed by atoms with Crippen LogP contribution < -0.4 is 5.73 Å². The van der Waals surface area contributed by atoms with Crippen molar-refractivity contribution in [3.63, 3.8) is 0 Å². The van der Waals surface area contributed by atoms with Crippen LogP contribution in [0.25, 0.3) is 0 Å². The SMILES string of the molecule is N/C(=N\OC(=O)c1cc([N+](=O)[O-])cc([N+](=O)[O-])c1)c1ccccn1. The first-order valence-electron chi connectivity index (χ1n) is 6.28. The molecule has 0 atom stereocenters. The number of carbonyl (C=O) groups is 1. The van der Waals surface area contributed by atoms with E-state index in [1.807, 2.05) is 0 Å². The van der Waals surface area contributed by atoms with Crippen molar-refractivity contribution >= 4 is 23.2 Å². The lowest BCUT2D eigenvalue weighted by molar-refractivity contribution is -0.394. The molecule has 0 saturated carbocycles. The van der Waals surface area contributed by atoms with Crippen molar-refractivity contribution in [2.45, 2.75) is 0 Å². The van der Waals surface area contributed by atoms with Crippen molar-refractivity contribution in [1.82, 2.24) is 4.98 Å². The van der Waals surface area contributed by atoms with Crippen molar-refractivity contribution in [3.05, 3.63) is 74.1 Å². The highest BCUT2D eigenvalue weighted by Crippen LogP contribution is 2.23. The lowest BCUT2D eigenvalue weighted by Gasteiger charge is -2.01. The molecule has 1 aromatic carbocycles. The molecule has 0 aliphatic heterocycles. The highest BCUT2D eigenvalue weighted by atomic mass is 16.7. The van der Waals surface area contributed by atoms with Gasteiger partial charge in [0.2, 0.25) is 0 Å². The second kappa shape index (κ2) is 6.91. The molecule has 11 heteroatoms. The lowest BCUT2D eigenvalue weighted by Crippen LogP contribution is -2.16. The van der Waals surface area contributed by atoms with Crippen LogP contribution in [-0.2, 0) is 4.84 Å². The minimum atomic E-state index is -1.14. The first kappa shape index (κ1) is 16.5. The van der Waals surface area contributed by atoms with Gasteiger partial charge in [-0.25, -0.2) is 4.79 Å². The maximum Gasteiger partial charge on any atom is 0.366 e. The number of benzene rings is 1. The highest BCUT2D eigenvalue weighted by molar-refractivity contribution is 5.96. The van der Waals surface area contributed by atoms with Gasteiger partial charge in [-0.2, -0.15) is 0 Å². The number of pyridine rings is 1. The van der Waals surface area contributed by atoms with Gasteiger partial charge >= 0.3 is 5.97 Å². The van der Waals surface area contributed by atoms with E-state index in [9.17, 15) is 25.0 Å². The molecule has 24 heavy (non-hydrogen) atoms. The Bertz CT molecular complexity index is 804. The average Bonchev–Trinajstić information content (AvgIpc) is 2.59. The largest absolute Gasteiger partial charge is 0.379 e. The third-order valence-electron chi connectivity index (χ3n) is 2.71. The van der Waals surface area contributed by atoms with E-state index in [2.05, 4.69) is 15.0 Å². The van der Waals surface area contributed by atoms with Gasteiger partial charge in [-0.05, 0) is 12.1 Å². The van der Waals surface area contributed by atoms with Crippen molar-refractivity contribution in [2.24, 2.45) is 10.9 Å². The Morgan fingerprint density at radius 2 is 1.75 bits per heavy atom. The Balaban J connectivity index is 2.26. The number of hydrogen-bond donors (Lipinski definition) is 1. The normalized spacial score (nSPS) is 10.9. The topological polar surface area (TPSA) is 164 Å². The molecule has 0 bridgehead atoms. The zero-order chi connectivity index (χ0) is 17.7. The highest BCUT2D eigenvalue weighted by Gasteiger charge is 2.21. The number of amidine groups is 1. The van der Waals surface area contributed by atoms with Gasteiger partial charge in [0.15, 0.2) is 5.84 Å². The Labute approximate surface area is 133 Å². The van der Waals surface area contributed by atoms with Gasteiger partial charge in [0.25, 0.3) is 11.4 Å². The molecule has 1 heterocycles. The zero-order valence-electron chi connectivity index (χ0n) is 11.9. The second-order valence-corrected chi connectivity index (χ2v) is 4.32. The van der Waals surface area contributed by atoms with Crippen LogP contribution in [0.5, 0.6) is 0 Å². The number of oxime groups is 1. The third kappa shape index (κ3) is 3.85. The number of carbonyl (C=O) groups excluding carboxylic acids is 1. The van der Waals surface area contributed by atoms with Crippen LogP contribution in [0.4, 0.5) is 11.4 Å². The number of nitro groups is 2. The standard InChI is InChI=1S/C13H9N5O6/c14-12(11-3-1-2-4-15-11)16-24-13(19)8-5-9(17(20)21)7-10(6-8)18(22)23/h1-7H,(H2,14,16). The van der Waals surface area contributed by atoms with Gasteiger partial charge in [-0.1, -0.05) is 11.2 Å². The number of hydrogen-bond acceptors (Lipinski definition) is 8. The van der Waals surface area contributed by atoms with E-state index in [0.717, 1.165) is 18.2 Å². The summed E-state index contributed by atoms with van der Waals surface area (Å²) in [7, 11) is 0. The maximum absolute atomic E-state index is 11.9. The Morgan fingerprint density at radius 3 is 2.25 bits per heavy atom. The smallest absolute Gasteiger partial charge is 0.366 e. The molecule has 11 nitrogen and oxygen atoms in total. The summed E-state index contributed by atoms with van der Waals surface area (Å²) in [5, 5.41) is 24.9. The quantitative estimate of drug-likeness (QED) is 0.282. The summed E-state index contributed by atoms with van der Waals surface area (Å²) in [6.07, 6.45) is 1.45. The van der Waals surface area contributed by atoms with Crippen molar-refractivity contribution in [3.8, 4) is 0 Å². The van der Waals surface area contributed by atoms with Gasteiger partial charge in [-0.15, -0.1) is 0 Å². The Kier molecular flexibility index (Phi) is 4.75. The summed E-state index contributed by atoms with van der Waals surface area (Å²) >= 11 is 0. The minimum Gasteiger partial charge on any atom is -0.379 e. The summed E-state index contributed by atoms with van der Waals surface area (Å²) in [5.74, 6) is -1.34. The number of nitrogens with zero attached hydrogens (tertiary/aromatic N) is 4. The number of rotatable bonds is 5. The zero-order valence-corrected chi connectivity index (χ0v) is 11.9. The Morgan fingerprint density at radius 1 is 1.12 bits per heavy atom. The van der Waals surface area contributed by atoms with Crippen LogP contribution in [0.2, 0.25) is 0 Å². The molecule has 0 aliphatic rings. The molecule has 0 amide bonds. The molecule has 0 spiro atoms. The summed E-state index contributed by atoms with van der Waals surface area (Å²) in [6.45, 7) is 0. The van der Waals surface area contributed by atoms with E-state index >= 15 is 0 Å². The molecule has 0 saturated heterocycles. The van der Waals surface area contributed by atoms with Crippen molar-refractivity contribution in [1.29, 1.82) is 0 Å². The van der Waals surface area contributed by atoms with E-state index in [4.69, 9.17) is 5.73 Å². The predicted octanol–water partition coefficient (Wildman–Crippen LogP) is 1.38. The molecule has 0 radical (unpaired) electrons. The fourth-order valence-corrected chi connectivity index (χ4v) is 1.63. The molecule has 2 aromatic rings. The first-order chi connectivity index (χ1) is 11.4. The third-order valence-corrected chi connectivity index (χ3v) is 2.71. The summed E-state index contributed by atoms with van der Waals surface area (Å²) in [6, 6.07) is 7.19. The molecule has 2 N–H and O–H groups in total. The molecule has 0 fully saturated rings. The van der Waals surface area contributed by atoms with Crippen LogP contribution in [-0.4, -0.2) is 26.6 Å². The van der Waals surface area contributed by atoms with Crippen molar-refractivity contribution in [2.75, 3.05) is 0 Å². The second-order valence-electron chi connectivity index (χ2n) is 4.32. The molecule has 2 rings (SSSR count). The maximum atomic E-state index is 11.9. The number of nitrogens with two attached hydrogens (primary N) is 1. The van der Waals surface area contributed by atoms with E-state index in [-0.39, 0.29) is 11.5 Å². The molecule has 0 aliphatic carbocycles. The summed E-state index contributed by atoms with van der Waals surface area (Å²) < 4.78 is 0. The molecule has 122 valence electrons. The van der Waals surface area contributed by atoms with Crippen LogP contribution in [0.15, 0.2) is 47.8 Å². The Hall–Kier alpha value is -3.89. The van der Waals surface area contributed by atoms with Gasteiger partial charge in [-0.3, -0.25) is 25.2 Å². The molecule has 0 unspecified atom stereocenters. The average molecular weight is 331 g/mol. The van der Waals surface area contributed by atoms with E-state index in [0.29, 0.717) is 0 Å². The first-order valence-corrected chi connectivity index (χ1v) is 6.28.